The molecule has 1 heterocycles. The molecule has 3 aromatic rings. The number of pyridine rings is 1. The van der Waals surface area contributed by atoms with Gasteiger partial charge in [-0.2, -0.15) is 0 Å². The first kappa shape index (κ1) is 14.7. The Balaban J connectivity index is 1.98. The Bertz CT molecular complexity index is 775. The van der Waals surface area contributed by atoms with Crippen LogP contribution in [0.2, 0.25) is 5.02 Å². The van der Waals surface area contributed by atoms with Crippen molar-refractivity contribution in [3.8, 4) is 5.75 Å². The number of nitrogens with zero attached hydrogens (tertiary/aromatic N) is 1. The van der Waals surface area contributed by atoms with E-state index in [0.29, 0.717) is 11.6 Å². The monoisotopic (exact) mass is 312 g/mol. The molecule has 0 bridgehead atoms. The maximum atomic E-state index is 6.14. The Morgan fingerprint density at radius 3 is 2.73 bits per heavy atom. The highest BCUT2D eigenvalue weighted by atomic mass is 35.5. The van der Waals surface area contributed by atoms with Crippen molar-refractivity contribution in [2.75, 3.05) is 11.9 Å². The van der Waals surface area contributed by atoms with E-state index in [0.717, 1.165) is 28.9 Å². The van der Waals surface area contributed by atoms with Gasteiger partial charge in [0, 0.05) is 23.5 Å². The van der Waals surface area contributed by atoms with Crippen LogP contribution in [0.4, 0.5) is 5.69 Å². The summed E-state index contributed by atoms with van der Waals surface area (Å²) in [5, 5.41) is 5.05. The molecule has 2 aromatic carbocycles. The molecule has 0 aliphatic carbocycles. The Kier molecular flexibility index (Phi) is 4.45. The molecule has 0 saturated carbocycles. The Labute approximate surface area is 134 Å². The molecule has 0 aliphatic heterocycles. The number of fused-ring (bicyclic) bond motifs is 1. The maximum absolute atomic E-state index is 6.14. The van der Waals surface area contributed by atoms with Crippen molar-refractivity contribution in [3.63, 3.8) is 0 Å². The molecule has 0 aliphatic rings. The van der Waals surface area contributed by atoms with Gasteiger partial charge < -0.3 is 10.1 Å². The molecule has 3 rings (SSSR count). The third kappa shape index (κ3) is 3.15. The second-order valence-electron chi connectivity index (χ2n) is 4.93. The van der Waals surface area contributed by atoms with Crippen molar-refractivity contribution in [1.82, 2.24) is 4.98 Å². The van der Waals surface area contributed by atoms with Gasteiger partial charge in [-0.15, -0.1) is 0 Å². The fourth-order valence-electron chi connectivity index (χ4n) is 2.43. The number of benzene rings is 2. The number of nitrogens with one attached hydrogen (secondary N) is 1. The minimum atomic E-state index is 0.586. The lowest BCUT2D eigenvalue weighted by atomic mass is 10.1. The predicted octanol–water partition coefficient (Wildman–Crippen LogP) is 4.90. The lowest BCUT2D eigenvalue weighted by Crippen LogP contribution is -2.02. The fraction of sp³-hybridized carbons (Fsp3) is 0.167. The van der Waals surface area contributed by atoms with Crippen molar-refractivity contribution in [3.05, 3.63) is 65.3 Å². The first-order chi connectivity index (χ1) is 10.8. The highest BCUT2D eigenvalue weighted by molar-refractivity contribution is 6.31. The van der Waals surface area contributed by atoms with Crippen molar-refractivity contribution in [2.24, 2.45) is 0 Å². The summed E-state index contributed by atoms with van der Waals surface area (Å²) in [6.45, 7) is 3.29. The van der Waals surface area contributed by atoms with Gasteiger partial charge in [0.15, 0.2) is 0 Å². The molecule has 0 amide bonds. The Morgan fingerprint density at radius 2 is 1.95 bits per heavy atom. The lowest BCUT2D eigenvalue weighted by Gasteiger charge is -2.13. The van der Waals surface area contributed by atoms with Crippen LogP contribution < -0.4 is 10.1 Å². The minimum Gasteiger partial charge on any atom is -0.493 e. The molecule has 0 radical (unpaired) electrons. The van der Waals surface area contributed by atoms with Gasteiger partial charge in [-0.25, -0.2) is 0 Å². The smallest absolute Gasteiger partial charge is 0.132 e. The first-order valence-corrected chi connectivity index (χ1v) is 7.64. The summed E-state index contributed by atoms with van der Waals surface area (Å²) in [5.41, 5.74) is 3.04. The second kappa shape index (κ2) is 6.67. The molecular weight excluding hydrogens is 296 g/mol. The molecule has 0 fully saturated rings. The SMILES string of the molecule is CCOc1cc(Cl)cc2nccc(NCc3ccccc3)c12. The summed E-state index contributed by atoms with van der Waals surface area (Å²) in [5.74, 6) is 0.758. The van der Waals surface area contributed by atoms with Crippen LogP contribution in [0.25, 0.3) is 10.9 Å². The van der Waals surface area contributed by atoms with Gasteiger partial charge in [0.2, 0.25) is 0 Å². The second-order valence-corrected chi connectivity index (χ2v) is 5.37. The Morgan fingerprint density at radius 1 is 1.14 bits per heavy atom. The zero-order chi connectivity index (χ0) is 15.4. The van der Waals surface area contributed by atoms with Crippen LogP contribution in [0.1, 0.15) is 12.5 Å². The van der Waals surface area contributed by atoms with Crippen LogP contribution in [0, 0.1) is 0 Å². The van der Waals surface area contributed by atoms with E-state index in [9.17, 15) is 0 Å². The number of anilines is 1. The summed E-state index contributed by atoms with van der Waals surface area (Å²) in [6.07, 6.45) is 1.78. The van der Waals surface area contributed by atoms with Gasteiger partial charge in [0.1, 0.15) is 5.75 Å². The minimum absolute atomic E-state index is 0.586. The number of hydrogen-bond donors (Lipinski definition) is 1. The van der Waals surface area contributed by atoms with E-state index >= 15 is 0 Å². The van der Waals surface area contributed by atoms with Gasteiger partial charge in [0.25, 0.3) is 0 Å². The third-order valence-electron chi connectivity index (χ3n) is 3.40. The molecule has 22 heavy (non-hydrogen) atoms. The van der Waals surface area contributed by atoms with Crippen molar-refractivity contribution < 1.29 is 4.74 Å². The van der Waals surface area contributed by atoms with E-state index in [1.54, 1.807) is 6.20 Å². The quantitative estimate of drug-likeness (QED) is 0.727. The summed E-state index contributed by atoms with van der Waals surface area (Å²) < 4.78 is 5.73. The highest BCUT2D eigenvalue weighted by Crippen LogP contribution is 2.34. The molecular formula is C18H17ClN2O. The van der Waals surface area contributed by atoms with Gasteiger partial charge in [-0.3, -0.25) is 4.98 Å². The summed E-state index contributed by atoms with van der Waals surface area (Å²) >= 11 is 6.14. The van der Waals surface area contributed by atoms with Crippen LogP contribution in [-0.4, -0.2) is 11.6 Å². The molecule has 0 unspecified atom stereocenters. The van der Waals surface area contributed by atoms with Crippen molar-refractivity contribution in [2.45, 2.75) is 13.5 Å². The van der Waals surface area contributed by atoms with E-state index in [-0.39, 0.29) is 0 Å². The van der Waals surface area contributed by atoms with Crippen molar-refractivity contribution >= 4 is 28.2 Å². The number of halogens is 1. The number of rotatable bonds is 5. The van der Waals surface area contributed by atoms with Gasteiger partial charge in [-0.1, -0.05) is 41.9 Å². The normalized spacial score (nSPS) is 10.6. The summed E-state index contributed by atoms with van der Waals surface area (Å²) in [4.78, 5) is 4.40. The molecule has 1 N–H and O–H groups in total. The lowest BCUT2D eigenvalue weighted by molar-refractivity contribution is 0.344. The van der Waals surface area contributed by atoms with E-state index in [1.165, 1.54) is 5.56 Å². The largest absolute Gasteiger partial charge is 0.493 e. The van der Waals surface area contributed by atoms with Gasteiger partial charge in [0.05, 0.1) is 17.5 Å². The molecule has 3 nitrogen and oxygen atoms in total. The first-order valence-electron chi connectivity index (χ1n) is 7.27. The standard InChI is InChI=1S/C18H17ClN2O/c1-2-22-17-11-14(19)10-16-18(17)15(8-9-20-16)21-12-13-6-4-3-5-7-13/h3-11H,2,12H2,1H3,(H,20,21). The predicted molar refractivity (Wildman–Crippen MR) is 91.7 cm³/mol. The average molecular weight is 313 g/mol. The molecule has 4 heteroatoms. The van der Waals surface area contributed by atoms with E-state index in [2.05, 4.69) is 22.4 Å². The molecule has 0 atom stereocenters. The van der Waals surface area contributed by atoms with E-state index in [1.807, 2.05) is 43.3 Å². The zero-order valence-corrected chi connectivity index (χ0v) is 13.1. The molecule has 0 saturated heterocycles. The topological polar surface area (TPSA) is 34.1 Å². The molecule has 0 spiro atoms. The highest BCUT2D eigenvalue weighted by Gasteiger charge is 2.10. The van der Waals surface area contributed by atoms with Gasteiger partial charge in [-0.05, 0) is 30.7 Å². The molecule has 1 aromatic heterocycles. The van der Waals surface area contributed by atoms with Gasteiger partial charge >= 0.3 is 0 Å². The average Bonchev–Trinajstić information content (AvgIpc) is 2.53. The zero-order valence-electron chi connectivity index (χ0n) is 12.3. The Hall–Kier alpha value is -2.26. The van der Waals surface area contributed by atoms with Crippen molar-refractivity contribution in [1.29, 1.82) is 0 Å². The summed E-state index contributed by atoms with van der Waals surface area (Å²) in [6, 6.07) is 15.9. The fourth-order valence-corrected chi connectivity index (χ4v) is 2.63. The van der Waals surface area contributed by atoms with Crippen LogP contribution in [-0.2, 0) is 6.54 Å². The van der Waals surface area contributed by atoms with Crippen LogP contribution in [0.15, 0.2) is 54.7 Å². The van der Waals surface area contributed by atoms with Crippen LogP contribution in [0.3, 0.4) is 0 Å². The number of aromatic nitrogens is 1. The van der Waals surface area contributed by atoms with E-state index < -0.39 is 0 Å². The maximum Gasteiger partial charge on any atom is 0.132 e. The number of ether oxygens (including phenoxy) is 1. The van der Waals surface area contributed by atoms with E-state index in [4.69, 9.17) is 16.3 Å². The van der Waals surface area contributed by atoms with Crippen LogP contribution >= 0.6 is 11.6 Å². The number of hydrogen-bond acceptors (Lipinski definition) is 3. The molecule has 112 valence electrons. The third-order valence-corrected chi connectivity index (χ3v) is 3.61. The summed E-state index contributed by atoms with van der Waals surface area (Å²) in [7, 11) is 0. The van der Waals surface area contributed by atoms with Crippen LogP contribution in [0.5, 0.6) is 5.75 Å².